The van der Waals surface area contributed by atoms with E-state index in [4.69, 9.17) is 4.98 Å². The van der Waals surface area contributed by atoms with Crippen molar-refractivity contribution in [3.05, 3.63) is 115 Å². The van der Waals surface area contributed by atoms with Gasteiger partial charge in [-0.2, -0.15) is 5.10 Å². The number of nitrogens with zero attached hydrogens (tertiary/aromatic N) is 6. The Morgan fingerprint density at radius 1 is 0.889 bits per heavy atom. The number of imidazole rings is 1. The molecule has 1 saturated heterocycles. The van der Waals surface area contributed by atoms with E-state index >= 15 is 0 Å². The summed E-state index contributed by atoms with van der Waals surface area (Å²) in [5, 5.41) is 13.3. The molecule has 1 aliphatic rings. The zero-order valence-electron chi connectivity index (χ0n) is 25.1. The van der Waals surface area contributed by atoms with E-state index in [1.165, 1.54) is 5.56 Å². The number of anilines is 3. The summed E-state index contributed by atoms with van der Waals surface area (Å²) in [4.78, 5) is 27.7. The van der Waals surface area contributed by atoms with Gasteiger partial charge in [-0.25, -0.2) is 9.97 Å². The lowest BCUT2D eigenvalue weighted by Crippen LogP contribution is -2.45. The Morgan fingerprint density at radius 3 is 2.42 bits per heavy atom. The standard InChI is InChI=1S/C35H35N9O/c1-2-42-16-18-43(19-17-42)23-25-6-10-30(11-7-25)39-33-34-36-14-15-44(34)24-32(41-33)27-4-3-5-28(20-27)35(45)40-31-12-8-26(9-13-31)29-21-37-38-22-29/h3-15,20-22,24H,2,16-19,23H2,1H3,(H,37,38)(H,39,41)(H,40,45). The average molecular weight is 598 g/mol. The number of likely N-dealkylation sites (N-methyl/N-ethyl adjacent to an activating group) is 1. The minimum atomic E-state index is -0.192. The largest absolute Gasteiger partial charge is 0.337 e. The molecule has 6 aromatic rings. The molecule has 0 atom stereocenters. The Labute approximate surface area is 261 Å². The smallest absolute Gasteiger partial charge is 0.255 e. The van der Waals surface area contributed by atoms with Gasteiger partial charge in [-0.05, 0) is 54.1 Å². The van der Waals surface area contributed by atoms with Gasteiger partial charge in [0, 0.05) is 85.6 Å². The molecule has 3 aromatic carbocycles. The van der Waals surface area contributed by atoms with E-state index in [-0.39, 0.29) is 5.91 Å². The fraction of sp³-hybridized carbons (Fsp3) is 0.200. The molecule has 10 heteroatoms. The van der Waals surface area contributed by atoms with Crippen LogP contribution in [0.2, 0.25) is 0 Å². The molecule has 3 N–H and O–H groups in total. The van der Waals surface area contributed by atoms with Crippen LogP contribution >= 0.6 is 0 Å². The second-order valence-corrected chi connectivity index (χ2v) is 11.3. The molecule has 7 rings (SSSR count). The molecule has 0 aliphatic carbocycles. The Kier molecular flexibility index (Phi) is 8.05. The van der Waals surface area contributed by atoms with Crippen molar-refractivity contribution in [2.24, 2.45) is 0 Å². The fourth-order valence-corrected chi connectivity index (χ4v) is 5.68. The first-order valence-corrected chi connectivity index (χ1v) is 15.3. The van der Waals surface area contributed by atoms with E-state index in [1.807, 2.05) is 65.5 Å². The van der Waals surface area contributed by atoms with Crippen LogP contribution in [0.4, 0.5) is 17.2 Å². The van der Waals surface area contributed by atoms with Gasteiger partial charge in [0.15, 0.2) is 11.5 Å². The number of carbonyl (C=O) groups excluding carboxylic acids is 1. The van der Waals surface area contributed by atoms with Crippen LogP contribution in [0.15, 0.2) is 104 Å². The van der Waals surface area contributed by atoms with Gasteiger partial charge in [0.1, 0.15) is 0 Å². The number of nitrogens with one attached hydrogen (secondary N) is 3. The normalized spacial score (nSPS) is 14.1. The number of rotatable bonds is 9. The van der Waals surface area contributed by atoms with E-state index < -0.39 is 0 Å². The Bertz CT molecular complexity index is 1890. The van der Waals surface area contributed by atoms with Crippen molar-refractivity contribution in [3.63, 3.8) is 0 Å². The first-order valence-electron chi connectivity index (χ1n) is 15.3. The molecular formula is C35H35N9O. The van der Waals surface area contributed by atoms with Crippen molar-refractivity contribution < 1.29 is 4.79 Å². The minimum Gasteiger partial charge on any atom is -0.337 e. The lowest BCUT2D eigenvalue weighted by molar-refractivity contribution is 0.102. The van der Waals surface area contributed by atoms with Crippen LogP contribution in [0.3, 0.4) is 0 Å². The van der Waals surface area contributed by atoms with Gasteiger partial charge in [-0.1, -0.05) is 43.3 Å². The van der Waals surface area contributed by atoms with Gasteiger partial charge >= 0.3 is 0 Å². The molecule has 1 fully saturated rings. The number of aromatic amines is 1. The van der Waals surface area contributed by atoms with Crippen molar-refractivity contribution in [2.75, 3.05) is 43.4 Å². The zero-order chi connectivity index (χ0) is 30.6. The average Bonchev–Trinajstić information content (AvgIpc) is 3.80. The topological polar surface area (TPSA) is 106 Å². The van der Waals surface area contributed by atoms with Crippen molar-refractivity contribution in [2.45, 2.75) is 13.5 Å². The molecular weight excluding hydrogens is 562 g/mol. The zero-order valence-corrected chi connectivity index (χ0v) is 25.1. The first-order chi connectivity index (χ1) is 22.1. The molecule has 1 aliphatic heterocycles. The molecule has 0 saturated carbocycles. The van der Waals surface area contributed by atoms with Crippen molar-refractivity contribution in [1.29, 1.82) is 0 Å². The fourth-order valence-electron chi connectivity index (χ4n) is 5.68. The summed E-state index contributed by atoms with van der Waals surface area (Å²) in [7, 11) is 0. The maximum absolute atomic E-state index is 13.2. The molecule has 4 heterocycles. The number of fused-ring (bicyclic) bond motifs is 1. The number of amides is 1. The van der Waals surface area contributed by atoms with Crippen molar-refractivity contribution in [1.82, 2.24) is 34.4 Å². The highest BCUT2D eigenvalue weighted by Gasteiger charge is 2.16. The highest BCUT2D eigenvalue weighted by molar-refractivity contribution is 6.05. The maximum Gasteiger partial charge on any atom is 0.255 e. The summed E-state index contributed by atoms with van der Waals surface area (Å²) in [6.07, 6.45) is 9.19. The molecule has 0 bridgehead atoms. The van der Waals surface area contributed by atoms with Crippen LogP contribution < -0.4 is 10.6 Å². The summed E-state index contributed by atoms with van der Waals surface area (Å²) >= 11 is 0. The second-order valence-electron chi connectivity index (χ2n) is 11.3. The van der Waals surface area contributed by atoms with Crippen LogP contribution in [-0.4, -0.2) is 73.0 Å². The van der Waals surface area contributed by atoms with Crippen molar-refractivity contribution >= 4 is 28.7 Å². The summed E-state index contributed by atoms with van der Waals surface area (Å²) in [5.41, 5.74) is 7.78. The quantitative estimate of drug-likeness (QED) is 0.190. The number of aromatic nitrogens is 5. The minimum absolute atomic E-state index is 0.192. The monoisotopic (exact) mass is 597 g/mol. The molecule has 10 nitrogen and oxygen atoms in total. The van der Waals surface area contributed by atoms with E-state index in [2.05, 4.69) is 66.8 Å². The number of H-pyrrole nitrogens is 1. The van der Waals surface area contributed by atoms with E-state index in [0.29, 0.717) is 17.1 Å². The number of hydrogen-bond donors (Lipinski definition) is 3. The van der Waals surface area contributed by atoms with Gasteiger partial charge in [-0.15, -0.1) is 0 Å². The van der Waals surface area contributed by atoms with E-state index in [9.17, 15) is 4.79 Å². The van der Waals surface area contributed by atoms with Crippen LogP contribution in [-0.2, 0) is 6.54 Å². The van der Waals surface area contributed by atoms with Gasteiger partial charge in [0.05, 0.1) is 11.9 Å². The third kappa shape index (κ3) is 6.47. The molecule has 0 spiro atoms. The highest BCUT2D eigenvalue weighted by atomic mass is 16.1. The lowest BCUT2D eigenvalue weighted by Gasteiger charge is -2.34. The van der Waals surface area contributed by atoms with Crippen LogP contribution in [0.5, 0.6) is 0 Å². The first kappa shape index (κ1) is 28.5. The summed E-state index contributed by atoms with van der Waals surface area (Å²) < 4.78 is 1.95. The number of carbonyl (C=O) groups is 1. The SMILES string of the molecule is CCN1CCN(Cc2ccc(Nc3nc(-c4cccc(C(=O)Nc5ccc(-c6cn[nH]c6)cc5)c4)cn4ccnc34)cc2)CC1. The maximum atomic E-state index is 13.2. The lowest BCUT2D eigenvalue weighted by atomic mass is 10.1. The molecule has 45 heavy (non-hydrogen) atoms. The molecule has 0 unspecified atom stereocenters. The third-order valence-electron chi connectivity index (χ3n) is 8.30. The van der Waals surface area contributed by atoms with Crippen molar-refractivity contribution in [3.8, 4) is 22.4 Å². The third-order valence-corrected chi connectivity index (χ3v) is 8.30. The Balaban J connectivity index is 1.06. The van der Waals surface area contributed by atoms with Gasteiger partial charge in [0.25, 0.3) is 5.91 Å². The molecule has 1 amide bonds. The number of benzene rings is 3. The Hall–Kier alpha value is -5.32. The Morgan fingerprint density at radius 2 is 1.67 bits per heavy atom. The van der Waals surface area contributed by atoms with Gasteiger partial charge in [-0.3, -0.25) is 14.8 Å². The summed E-state index contributed by atoms with van der Waals surface area (Å²) in [5.74, 6) is 0.454. The number of piperazine rings is 1. The number of hydrogen-bond acceptors (Lipinski definition) is 7. The van der Waals surface area contributed by atoms with Crippen LogP contribution in [0.25, 0.3) is 28.0 Å². The molecule has 226 valence electrons. The van der Waals surface area contributed by atoms with E-state index in [1.54, 1.807) is 18.5 Å². The second kappa shape index (κ2) is 12.7. The summed E-state index contributed by atoms with van der Waals surface area (Å²) in [6, 6.07) is 23.7. The summed E-state index contributed by atoms with van der Waals surface area (Å²) in [6.45, 7) is 8.77. The predicted molar refractivity (Wildman–Crippen MR) is 178 cm³/mol. The van der Waals surface area contributed by atoms with E-state index in [0.717, 1.165) is 73.0 Å². The molecule has 3 aromatic heterocycles. The van der Waals surface area contributed by atoms with Gasteiger partial charge in [0.2, 0.25) is 0 Å². The van der Waals surface area contributed by atoms with Crippen LogP contribution in [0.1, 0.15) is 22.8 Å². The van der Waals surface area contributed by atoms with Gasteiger partial charge < -0.3 is 19.9 Å². The van der Waals surface area contributed by atoms with Crippen LogP contribution in [0, 0.1) is 0 Å². The molecule has 0 radical (unpaired) electrons. The highest BCUT2D eigenvalue weighted by Crippen LogP contribution is 2.26. The predicted octanol–water partition coefficient (Wildman–Crippen LogP) is 5.92.